The van der Waals surface area contributed by atoms with E-state index in [2.05, 4.69) is 0 Å². The van der Waals surface area contributed by atoms with Gasteiger partial charge in [0.15, 0.2) is 0 Å². The average Bonchev–Trinajstić information content (AvgIpc) is 1.85. The smallest absolute Gasteiger partial charge is 0.315 e. The second-order valence-electron chi connectivity index (χ2n) is 3.24. The van der Waals surface area contributed by atoms with Gasteiger partial charge in [-0.05, 0) is 27.9 Å². The van der Waals surface area contributed by atoms with Gasteiger partial charge in [-0.25, -0.2) is 4.79 Å². The zero-order chi connectivity index (χ0) is 9.72. The molecule has 0 rings (SSSR count). The summed E-state index contributed by atoms with van der Waals surface area (Å²) in [7, 11) is 3.96. The van der Waals surface area contributed by atoms with E-state index in [0.29, 0.717) is 6.54 Å². The van der Waals surface area contributed by atoms with E-state index in [9.17, 15) is 4.79 Å². The highest BCUT2D eigenvalue weighted by Crippen LogP contribution is 1.98. The third-order valence-corrected chi connectivity index (χ3v) is 1.79. The van der Waals surface area contributed by atoms with Gasteiger partial charge in [-0.1, -0.05) is 0 Å². The number of carbonyl (C=O) groups is 1. The summed E-state index contributed by atoms with van der Waals surface area (Å²) in [6, 6.07) is -0.158. The van der Waals surface area contributed by atoms with E-state index in [1.165, 1.54) is 0 Å². The minimum Gasteiger partial charge on any atom is -0.351 e. The fourth-order valence-electron chi connectivity index (χ4n) is 1.31. The summed E-state index contributed by atoms with van der Waals surface area (Å²) in [6.07, 6.45) is 0. The van der Waals surface area contributed by atoms with Crippen molar-refractivity contribution in [2.45, 2.75) is 19.9 Å². The Kier molecular flexibility index (Phi) is 4.66. The molecule has 1 unspecified atom stereocenters. The van der Waals surface area contributed by atoms with Gasteiger partial charge in [0.2, 0.25) is 0 Å². The molecule has 0 aromatic carbocycles. The molecule has 0 spiro atoms. The lowest BCUT2D eigenvalue weighted by Gasteiger charge is -2.28. The summed E-state index contributed by atoms with van der Waals surface area (Å²) in [4.78, 5) is 14.6. The predicted octanol–water partition coefficient (Wildman–Crippen LogP) is 0.337. The van der Waals surface area contributed by atoms with Gasteiger partial charge in [0, 0.05) is 19.1 Å². The number of nitrogens with zero attached hydrogens (tertiary/aromatic N) is 2. The zero-order valence-electron chi connectivity index (χ0n) is 8.37. The van der Waals surface area contributed by atoms with Gasteiger partial charge in [-0.2, -0.15) is 0 Å². The van der Waals surface area contributed by atoms with Crippen LogP contribution in [0.1, 0.15) is 13.8 Å². The highest BCUT2D eigenvalue weighted by molar-refractivity contribution is 5.72. The van der Waals surface area contributed by atoms with E-state index < -0.39 is 0 Å². The molecule has 2 amide bonds. The van der Waals surface area contributed by atoms with Crippen LogP contribution in [0.15, 0.2) is 0 Å². The Labute approximate surface area is 74.3 Å². The lowest BCUT2D eigenvalue weighted by atomic mass is 10.3. The summed E-state index contributed by atoms with van der Waals surface area (Å²) in [5.74, 6) is 0. The molecule has 12 heavy (non-hydrogen) atoms. The van der Waals surface area contributed by atoms with E-state index in [4.69, 9.17) is 5.73 Å². The molecule has 0 aromatic heterocycles. The monoisotopic (exact) mass is 173 g/mol. The second-order valence-corrected chi connectivity index (χ2v) is 3.24. The SMILES string of the molecule is CCN(C(N)=O)C(C)CN(C)C. The van der Waals surface area contributed by atoms with Crippen LogP contribution in [-0.4, -0.2) is 49.1 Å². The molecule has 72 valence electrons. The van der Waals surface area contributed by atoms with Gasteiger partial charge < -0.3 is 15.5 Å². The Morgan fingerprint density at radius 2 is 2.00 bits per heavy atom. The van der Waals surface area contributed by atoms with E-state index in [1.807, 2.05) is 32.8 Å². The number of carbonyl (C=O) groups excluding carboxylic acids is 1. The first-order valence-corrected chi connectivity index (χ1v) is 4.19. The molecule has 0 heterocycles. The molecule has 4 nitrogen and oxygen atoms in total. The predicted molar refractivity (Wildman–Crippen MR) is 50.0 cm³/mol. The van der Waals surface area contributed by atoms with Crippen molar-refractivity contribution in [3.63, 3.8) is 0 Å². The maximum Gasteiger partial charge on any atom is 0.315 e. The third-order valence-electron chi connectivity index (χ3n) is 1.79. The molecular weight excluding hydrogens is 154 g/mol. The van der Waals surface area contributed by atoms with Crippen molar-refractivity contribution in [1.29, 1.82) is 0 Å². The fourth-order valence-corrected chi connectivity index (χ4v) is 1.31. The van der Waals surface area contributed by atoms with Crippen molar-refractivity contribution in [3.05, 3.63) is 0 Å². The highest BCUT2D eigenvalue weighted by atomic mass is 16.2. The summed E-state index contributed by atoms with van der Waals surface area (Å²) in [5, 5.41) is 0. The van der Waals surface area contributed by atoms with Gasteiger partial charge in [0.1, 0.15) is 0 Å². The Hall–Kier alpha value is -0.770. The highest BCUT2D eigenvalue weighted by Gasteiger charge is 2.15. The maximum absolute atomic E-state index is 10.9. The van der Waals surface area contributed by atoms with Crippen LogP contribution >= 0.6 is 0 Å². The van der Waals surface area contributed by atoms with Crippen molar-refractivity contribution in [2.75, 3.05) is 27.2 Å². The second kappa shape index (κ2) is 4.98. The largest absolute Gasteiger partial charge is 0.351 e. The van der Waals surface area contributed by atoms with Crippen molar-refractivity contribution in [3.8, 4) is 0 Å². The molecule has 0 aromatic rings. The van der Waals surface area contributed by atoms with Crippen molar-refractivity contribution in [2.24, 2.45) is 5.73 Å². The molecule has 0 radical (unpaired) electrons. The lowest BCUT2D eigenvalue weighted by Crippen LogP contribution is -2.46. The van der Waals surface area contributed by atoms with Crippen LogP contribution in [0.3, 0.4) is 0 Å². The fraction of sp³-hybridized carbons (Fsp3) is 0.875. The molecule has 0 aliphatic rings. The average molecular weight is 173 g/mol. The van der Waals surface area contributed by atoms with Gasteiger partial charge in [0.05, 0.1) is 0 Å². The van der Waals surface area contributed by atoms with Crippen LogP contribution in [0.25, 0.3) is 0 Å². The summed E-state index contributed by atoms with van der Waals surface area (Å²) >= 11 is 0. The van der Waals surface area contributed by atoms with Gasteiger partial charge in [0.25, 0.3) is 0 Å². The van der Waals surface area contributed by atoms with Crippen molar-refractivity contribution >= 4 is 6.03 Å². The summed E-state index contributed by atoms with van der Waals surface area (Å²) in [6.45, 7) is 5.44. The Balaban J connectivity index is 4.02. The van der Waals surface area contributed by atoms with Crippen LogP contribution in [-0.2, 0) is 0 Å². The number of hydrogen-bond acceptors (Lipinski definition) is 2. The van der Waals surface area contributed by atoms with Crippen LogP contribution in [0.5, 0.6) is 0 Å². The molecule has 0 bridgehead atoms. The minimum absolute atomic E-state index is 0.183. The first-order valence-electron chi connectivity index (χ1n) is 4.19. The van der Waals surface area contributed by atoms with E-state index in [1.54, 1.807) is 4.90 Å². The van der Waals surface area contributed by atoms with Gasteiger partial charge in [-0.3, -0.25) is 0 Å². The number of rotatable bonds is 4. The molecule has 2 N–H and O–H groups in total. The van der Waals surface area contributed by atoms with E-state index in [-0.39, 0.29) is 12.1 Å². The summed E-state index contributed by atoms with van der Waals surface area (Å²) in [5.41, 5.74) is 5.19. The quantitative estimate of drug-likeness (QED) is 0.666. The number of urea groups is 1. The number of primary amides is 1. The molecule has 0 saturated heterocycles. The van der Waals surface area contributed by atoms with Crippen LogP contribution in [0.2, 0.25) is 0 Å². The maximum atomic E-state index is 10.9. The number of likely N-dealkylation sites (N-methyl/N-ethyl adjacent to an activating group) is 2. The van der Waals surface area contributed by atoms with Gasteiger partial charge >= 0.3 is 6.03 Å². The van der Waals surface area contributed by atoms with Crippen molar-refractivity contribution < 1.29 is 4.79 Å². The molecular formula is C8H19N3O. The molecule has 0 aliphatic carbocycles. The topological polar surface area (TPSA) is 49.6 Å². The molecule has 1 atom stereocenters. The lowest BCUT2D eigenvalue weighted by molar-refractivity contribution is 0.177. The normalized spacial score (nSPS) is 13.1. The van der Waals surface area contributed by atoms with Gasteiger partial charge in [-0.15, -0.1) is 0 Å². The Bertz CT molecular complexity index is 147. The standard InChI is InChI=1S/C8H19N3O/c1-5-11(8(9)12)7(2)6-10(3)4/h7H,5-6H2,1-4H3,(H2,9,12). The molecule has 0 saturated carbocycles. The third kappa shape index (κ3) is 3.57. The first kappa shape index (κ1) is 11.2. The van der Waals surface area contributed by atoms with Crippen molar-refractivity contribution in [1.82, 2.24) is 9.80 Å². The molecule has 0 fully saturated rings. The number of hydrogen-bond donors (Lipinski definition) is 1. The number of amides is 2. The minimum atomic E-state index is -0.341. The Morgan fingerprint density at radius 1 is 1.50 bits per heavy atom. The van der Waals surface area contributed by atoms with Crippen LogP contribution in [0.4, 0.5) is 4.79 Å². The zero-order valence-corrected chi connectivity index (χ0v) is 8.37. The number of nitrogens with two attached hydrogens (primary N) is 1. The molecule has 0 aliphatic heterocycles. The van der Waals surface area contributed by atoms with Crippen LogP contribution < -0.4 is 5.73 Å². The van der Waals surface area contributed by atoms with Crippen LogP contribution in [0, 0.1) is 0 Å². The first-order chi connectivity index (χ1) is 5.49. The summed E-state index contributed by atoms with van der Waals surface area (Å²) < 4.78 is 0. The van der Waals surface area contributed by atoms with E-state index in [0.717, 1.165) is 6.54 Å². The Morgan fingerprint density at radius 3 is 2.25 bits per heavy atom. The van der Waals surface area contributed by atoms with E-state index >= 15 is 0 Å². The molecule has 4 heteroatoms.